The number of hydrogen-bond acceptors (Lipinski definition) is 1. The fourth-order valence-corrected chi connectivity index (χ4v) is 2.21. The van der Waals surface area contributed by atoms with E-state index in [2.05, 4.69) is 5.32 Å². The van der Waals surface area contributed by atoms with E-state index in [1.54, 1.807) is 6.07 Å². The van der Waals surface area contributed by atoms with E-state index in [-0.39, 0.29) is 17.6 Å². The van der Waals surface area contributed by atoms with Gasteiger partial charge in [-0.15, -0.1) is 0 Å². The summed E-state index contributed by atoms with van der Waals surface area (Å²) >= 11 is 0. The van der Waals surface area contributed by atoms with E-state index >= 15 is 0 Å². The minimum atomic E-state index is -0.348. The summed E-state index contributed by atoms with van der Waals surface area (Å²) in [6.45, 7) is 3.81. The third-order valence-electron chi connectivity index (χ3n) is 3.38. The molecule has 20 heavy (non-hydrogen) atoms. The van der Waals surface area contributed by atoms with Crippen LogP contribution in [0.1, 0.15) is 30.4 Å². The number of nitrogens with one attached hydrogen (secondary N) is 1. The zero-order valence-corrected chi connectivity index (χ0v) is 11.7. The predicted octanol–water partition coefficient (Wildman–Crippen LogP) is 4.27. The Kier molecular flexibility index (Phi) is 4.51. The standard InChI is InChI=1S/C17H18FNO/c1-3-15(13-7-5-4-6-8-13)17(20)19-16-11-14(18)10-9-12(16)2/h4-11,15H,3H2,1-2H3,(H,19,20)/t15-/m0/s1. The molecule has 0 heterocycles. The summed E-state index contributed by atoms with van der Waals surface area (Å²) in [5.74, 6) is -0.676. The predicted molar refractivity (Wildman–Crippen MR) is 79.2 cm³/mol. The minimum absolute atomic E-state index is 0.104. The molecule has 1 N–H and O–H groups in total. The maximum atomic E-state index is 13.3. The molecule has 2 aromatic rings. The highest BCUT2D eigenvalue weighted by molar-refractivity contribution is 5.96. The van der Waals surface area contributed by atoms with Crippen molar-refractivity contribution in [3.8, 4) is 0 Å². The molecule has 0 aliphatic rings. The van der Waals surface area contributed by atoms with Crippen molar-refractivity contribution in [3.05, 3.63) is 65.5 Å². The highest BCUT2D eigenvalue weighted by Crippen LogP contribution is 2.23. The second-order valence-electron chi connectivity index (χ2n) is 4.82. The number of amides is 1. The number of benzene rings is 2. The summed E-state index contributed by atoms with van der Waals surface area (Å²) in [4.78, 5) is 12.4. The molecule has 0 saturated carbocycles. The van der Waals surface area contributed by atoms with Gasteiger partial charge in [-0.2, -0.15) is 0 Å². The first kappa shape index (κ1) is 14.3. The minimum Gasteiger partial charge on any atom is -0.325 e. The Morgan fingerprint density at radius 3 is 2.55 bits per heavy atom. The van der Waals surface area contributed by atoms with Crippen LogP contribution in [0, 0.1) is 12.7 Å². The van der Waals surface area contributed by atoms with Crippen molar-refractivity contribution in [2.75, 3.05) is 5.32 Å². The van der Waals surface area contributed by atoms with Gasteiger partial charge in [0.15, 0.2) is 0 Å². The smallest absolute Gasteiger partial charge is 0.231 e. The van der Waals surface area contributed by atoms with Crippen LogP contribution in [-0.2, 0) is 4.79 Å². The lowest BCUT2D eigenvalue weighted by atomic mass is 9.95. The molecular formula is C17H18FNO. The van der Waals surface area contributed by atoms with Gasteiger partial charge >= 0.3 is 0 Å². The van der Waals surface area contributed by atoms with Crippen molar-refractivity contribution in [3.63, 3.8) is 0 Å². The topological polar surface area (TPSA) is 29.1 Å². The van der Waals surface area contributed by atoms with E-state index in [0.717, 1.165) is 11.1 Å². The van der Waals surface area contributed by atoms with Gasteiger partial charge in [0.05, 0.1) is 5.92 Å². The average Bonchev–Trinajstić information content (AvgIpc) is 2.45. The molecule has 0 fully saturated rings. The summed E-state index contributed by atoms with van der Waals surface area (Å²) < 4.78 is 13.3. The van der Waals surface area contributed by atoms with Gasteiger partial charge in [0.25, 0.3) is 0 Å². The van der Waals surface area contributed by atoms with Crippen LogP contribution in [0.5, 0.6) is 0 Å². The Labute approximate surface area is 118 Å². The highest BCUT2D eigenvalue weighted by Gasteiger charge is 2.19. The Balaban J connectivity index is 2.20. The number of anilines is 1. The summed E-state index contributed by atoms with van der Waals surface area (Å²) in [5, 5.41) is 2.82. The van der Waals surface area contributed by atoms with Gasteiger partial charge in [-0.3, -0.25) is 4.79 Å². The van der Waals surface area contributed by atoms with E-state index in [0.29, 0.717) is 12.1 Å². The van der Waals surface area contributed by atoms with Crippen LogP contribution >= 0.6 is 0 Å². The second kappa shape index (κ2) is 6.33. The number of hydrogen-bond donors (Lipinski definition) is 1. The maximum Gasteiger partial charge on any atom is 0.231 e. The van der Waals surface area contributed by atoms with Crippen LogP contribution in [0.25, 0.3) is 0 Å². The molecule has 2 nitrogen and oxygen atoms in total. The van der Waals surface area contributed by atoms with Crippen molar-refractivity contribution in [2.24, 2.45) is 0 Å². The Morgan fingerprint density at radius 2 is 1.90 bits per heavy atom. The normalized spacial score (nSPS) is 11.9. The van der Waals surface area contributed by atoms with Gasteiger partial charge in [-0.1, -0.05) is 43.3 Å². The van der Waals surface area contributed by atoms with Crippen molar-refractivity contribution in [1.29, 1.82) is 0 Å². The van der Waals surface area contributed by atoms with Gasteiger partial charge in [-0.05, 0) is 36.6 Å². The van der Waals surface area contributed by atoms with Gasteiger partial charge in [0, 0.05) is 5.69 Å². The quantitative estimate of drug-likeness (QED) is 0.884. The van der Waals surface area contributed by atoms with Crippen LogP contribution in [0.15, 0.2) is 48.5 Å². The molecule has 0 bridgehead atoms. The monoisotopic (exact) mass is 271 g/mol. The van der Waals surface area contributed by atoms with Gasteiger partial charge in [0.1, 0.15) is 5.82 Å². The largest absolute Gasteiger partial charge is 0.325 e. The zero-order chi connectivity index (χ0) is 14.5. The van der Waals surface area contributed by atoms with Crippen LogP contribution in [0.2, 0.25) is 0 Å². The molecule has 2 rings (SSSR count). The van der Waals surface area contributed by atoms with E-state index < -0.39 is 0 Å². The molecule has 0 aliphatic carbocycles. The highest BCUT2D eigenvalue weighted by atomic mass is 19.1. The van der Waals surface area contributed by atoms with Crippen LogP contribution in [-0.4, -0.2) is 5.91 Å². The average molecular weight is 271 g/mol. The van der Waals surface area contributed by atoms with Gasteiger partial charge in [0.2, 0.25) is 5.91 Å². The van der Waals surface area contributed by atoms with E-state index in [1.807, 2.05) is 44.2 Å². The third kappa shape index (κ3) is 3.23. The fourth-order valence-electron chi connectivity index (χ4n) is 2.21. The Bertz CT molecular complexity index is 595. The molecule has 1 atom stereocenters. The first-order valence-electron chi connectivity index (χ1n) is 6.73. The molecule has 2 aromatic carbocycles. The van der Waals surface area contributed by atoms with Crippen molar-refractivity contribution >= 4 is 11.6 Å². The first-order valence-corrected chi connectivity index (χ1v) is 6.73. The Morgan fingerprint density at radius 1 is 1.20 bits per heavy atom. The van der Waals surface area contributed by atoms with Crippen molar-refractivity contribution in [2.45, 2.75) is 26.2 Å². The van der Waals surface area contributed by atoms with E-state index in [4.69, 9.17) is 0 Å². The number of halogens is 1. The first-order chi connectivity index (χ1) is 9.61. The summed E-state index contributed by atoms with van der Waals surface area (Å²) in [7, 11) is 0. The lowest BCUT2D eigenvalue weighted by molar-refractivity contribution is -0.117. The molecular weight excluding hydrogens is 253 g/mol. The molecule has 1 amide bonds. The zero-order valence-electron chi connectivity index (χ0n) is 11.7. The number of aryl methyl sites for hydroxylation is 1. The van der Waals surface area contributed by atoms with Crippen molar-refractivity contribution < 1.29 is 9.18 Å². The molecule has 3 heteroatoms. The van der Waals surface area contributed by atoms with E-state index in [9.17, 15) is 9.18 Å². The van der Waals surface area contributed by atoms with Crippen LogP contribution in [0.4, 0.5) is 10.1 Å². The summed E-state index contributed by atoms with van der Waals surface area (Å²) in [6, 6.07) is 14.0. The van der Waals surface area contributed by atoms with Crippen LogP contribution < -0.4 is 5.32 Å². The molecule has 0 spiro atoms. The second-order valence-corrected chi connectivity index (χ2v) is 4.82. The fraction of sp³-hybridized carbons (Fsp3) is 0.235. The lowest BCUT2D eigenvalue weighted by Crippen LogP contribution is -2.21. The summed E-state index contributed by atoms with van der Waals surface area (Å²) in [6.07, 6.45) is 0.699. The van der Waals surface area contributed by atoms with Crippen LogP contribution in [0.3, 0.4) is 0 Å². The maximum absolute atomic E-state index is 13.3. The SMILES string of the molecule is CC[C@H](C(=O)Nc1cc(F)ccc1C)c1ccccc1. The molecule has 0 aliphatic heterocycles. The van der Waals surface area contributed by atoms with Gasteiger partial charge < -0.3 is 5.32 Å². The lowest BCUT2D eigenvalue weighted by Gasteiger charge is -2.16. The van der Waals surface area contributed by atoms with E-state index in [1.165, 1.54) is 12.1 Å². The molecule has 104 valence electrons. The summed E-state index contributed by atoms with van der Waals surface area (Å²) in [5.41, 5.74) is 2.36. The van der Waals surface area contributed by atoms with Gasteiger partial charge in [-0.25, -0.2) is 4.39 Å². The molecule has 0 aromatic heterocycles. The number of rotatable bonds is 4. The number of carbonyl (C=O) groups excluding carboxylic acids is 1. The van der Waals surface area contributed by atoms with Crippen molar-refractivity contribution in [1.82, 2.24) is 0 Å². The number of carbonyl (C=O) groups is 1. The molecule has 0 radical (unpaired) electrons. The molecule has 0 unspecified atom stereocenters. The third-order valence-corrected chi connectivity index (χ3v) is 3.38. The Hall–Kier alpha value is -2.16. The molecule has 0 saturated heterocycles.